The van der Waals surface area contributed by atoms with Crippen LogP contribution in [-0.2, 0) is 17.8 Å². The topological polar surface area (TPSA) is 46.1 Å². The lowest BCUT2D eigenvalue weighted by atomic mass is 10.1. The molecule has 4 nitrogen and oxygen atoms in total. The van der Waals surface area contributed by atoms with Crippen molar-refractivity contribution in [2.24, 2.45) is 0 Å². The van der Waals surface area contributed by atoms with Gasteiger partial charge in [-0.05, 0) is 30.5 Å². The molecule has 0 radical (unpaired) electrons. The smallest absolute Gasteiger partial charge is 0.222 e. The minimum Gasteiger partial charge on any atom is -0.341 e. The summed E-state index contributed by atoms with van der Waals surface area (Å²) < 4.78 is 13.1. The molecule has 1 heterocycles. The van der Waals surface area contributed by atoms with Gasteiger partial charge in [-0.3, -0.25) is 14.8 Å². The first-order chi connectivity index (χ1) is 10.1. The number of aromatic nitrogens is 2. The minimum absolute atomic E-state index is 0.0446. The van der Waals surface area contributed by atoms with Crippen LogP contribution in [0.25, 0.3) is 0 Å². The van der Waals surface area contributed by atoms with Crippen LogP contribution in [0.3, 0.4) is 0 Å². The summed E-state index contributed by atoms with van der Waals surface area (Å²) in [6.07, 6.45) is 6.89. The molecule has 2 rings (SSSR count). The normalized spacial score (nSPS) is 10.4. The van der Waals surface area contributed by atoms with Gasteiger partial charge in [0.15, 0.2) is 0 Å². The second kappa shape index (κ2) is 7.47. The van der Waals surface area contributed by atoms with Crippen molar-refractivity contribution in [2.75, 3.05) is 7.05 Å². The summed E-state index contributed by atoms with van der Waals surface area (Å²) in [5.41, 5.74) is 1.68. The van der Waals surface area contributed by atoms with Crippen molar-refractivity contribution in [3.8, 4) is 0 Å². The summed E-state index contributed by atoms with van der Waals surface area (Å²) >= 11 is 0. The molecular formula is C16H18FN3O. The zero-order valence-corrected chi connectivity index (χ0v) is 12.0. The fourth-order valence-electron chi connectivity index (χ4n) is 2.07. The fraction of sp³-hybridized carbons (Fsp3) is 0.312. The van der Waals surface area contributed by atoms with E-state index in [2.05, 4.69) is 9.97 Å². The number of carbonyl (C=O) groups excluding carboxylic acids is 1. The van der Waals surface area contributed by atoms with Gasteiger partial charge in [-0.2, -0.15) is 0 Å². The average Bonchev–Trinajstić information content (AvgIpc) is 2.48. The lowest BCUT2D eigenvalue weighted by molar-refractivity contribution is -0.130. The predicted molar refractivity (Wildman–Crippen MR) is 77.8 cm³/mol. The van der Waals surface area contributed by atoms with E-state index in [1.807, 2.05) is 6.07 Å². The van der Waals surface area contributed by atoms with E-state index in [-0.39, 0.29) is 11.7 Å². The number of carbonyl (C=O) groups is 1. The van der Waals surface area contributed by atoms with Gasteiger partial charge in [-0.1, -0.05) is 12.1 Å². The summed E-state index contributed by atoms with van der Waals surface area (Å²) in [6, 6.07) is 6.30. The zero-order valence-electron chi connectivity index (χ0n) is 12.0. The maximum atomic E-state index is 13.1. The Bertz CT molecular complexity index is 589. The van der Waals surface area contributed by atoms with Crippen LogP contribution < -0.4 is 0 Å². The third kappa shape index (κ3) is 4.95. The van der Waals surface area contributed by atoms with E-state index in [1.165, 1.54) is 12.1 Å². The number of amides is 1. The maximum Gasteiger partial charge on any atom is 0.222 e. The maximum absolute atomic E-state index is 13.1. The Kier molecular flexibility index (Phi) is 5.37. The molecule has 0 N–H and O–H groups in total. The molecule has 5 heteroatoms. The molecule has 0 bridgehead atoms. The number of nitrogens with zero attached hydrogens (tertiary/aromatic N) is 3. The van der Waals surface area contributed by atoms with Crippen LogP contribution in [0.4, 0.5) is 4.39 Å². The molecule has 0 spiro atoms. The van der Waals surface area contributed by atoms with Gasteiger partial charge in [0.1, 0.15) is 5.82 Å². The molecule has 0 aliphatic rings. The Morgan fingerprint density at radius 2 is 2.19 bits per heavy atom. The van der Waals surface area contributed by atoms with E-state index >= 15 is 0 Å². The molecule has 21 heavy (non-hydrogen) atoms. The molecule has 0 saturated heterocycles. The quantitative estimate of drug-likeness (QED) is 0.820. The lowest BCUT2D eigenvalue weighted by Crippen LogP contribution is -2.26. The summed E-state index contributed by atoms with van der Waals surface area (Å²) in [5.74, 6) is -0.237. The molecule has 1 aromatic carbocycles. The number of rotatable bonds is 6. The number of hydrogen-bond acceptors (Lipinski definition) is 3. The third-order valence-electron chi connectivity index (χ3n) is 3.17. The van der Waals surface area contributed by atoms with Crippen molar-refractivity contribution < 1.29 is 9.18 Å². The molecule has 0 saturated carbocycles. The molecule has 2 aromatic rings. The Labute approximate surface area is 123 Å². The molecule has 0 unspecified atom stereocenters. The van der Waals surface area contributed by atoms with Crippen molar-refractivity contribution in [2.45, 2.75) is 25.8 Å². The number of aryl methyl sites for hydroxylation is 1. The first kappa shape index (κ1) is 15.1. The van der Waals surface area contributed by atoms with E-state index in [0.717, 1.165) is 24.1 Å². The molecule has 1 aromatic heterocycles. The molecule has 0 fully saturated rings. The van der Waals surface area contributed by atoms with E-state index in [4.69, 9.17) is 0 Å². The SMILES string of the molecule is CN(Cc1cccc(F)c1)C(=O)CCCc1cnccn1. The highest BCUT2D eigenvalue weighted by Gasteiger charge is 2.09. The van der Waals surface area contributed by atoms with Crippen molar-refractivity contribution in [1.82, 2.24) is 14.9 Å². The first-order valence-electron chi connectivity index (χ1n) is 6.88. The number of benzene rings is 1. The summed E-state index contributed by atoms with van der Waals surface area (Å²) in [6.45, 7) is 0.418. The summed E-state index contributed by atoms with van der Waals surface area (Å²) in [4.78, 5) is 21.8. The van der Waals surface area contributed by atoms with Gasteiger partial charge in [0, 0.05) is 38.6 Å². The van der Waals surface area contributed by atoms with Crippen molar-refractivity contribution in [3.63, 3.8) is 0 Å². The van der Waals surface area contributed by atoms with Gasteiger partial charge >= 0.3 is 0 Å². The van der Waals surface area contributed by atoms with Crippen molar-refractivity contribution >= 4 is 5.91 Å². The fourth-order valence-corrected chi connectivity index (χ4v) is 2.07. The van der Waals surface area contributed by atoms with Gasteiger partial charge in [-0.15, -0.1) is 0 Å². The lowest BCUT2D eigenvalue weighted by Gasteiger charge is -2.17. The highest BCUT2D eigenvalue weighted by Crippen LogP contribution is 2.08. The van der Waals surface area contributed by atoms with Gasteiger partial charge < -0.3 is 4.90 Å². The van der Waals surface area contributed by atoms with Crippen LogP contribution in [0.1, 0.15) is 24.1 Å². The van der Waals surface area contributed by atoms with E-state index in [9.17, 15) is 9.18 Å². The molecule has 0 aliphatic heterocycles. The molecule has 110 valence electrons. The highest BCUT2D eigenvalue weighted by atomic mass is 19.1. The van der Waals surface area contributed by atoms with E-state index in [0.29, 0.717) is 13.0 Å². The standard InChI is InChI=1S/C16H18FN3O/c1-20(12-13-4-2-5-14(17)10-13)16(21)7-3-6-15-11-18-8-9-19-15/h2,4-5,8-11H,3,6-7,12H2,1H3. The summed E-state index contributed by atoms with van der Waals surface area (Å²) in [5, 5.41) is 0. The predicted octanol–water partition coefficient (Wildman–Crippen LogP) is 2.60. The largest absolute Gasteiger partial charge is 0.341 e. The number of hydrogen-bond donors (Lipinski definition) is 0. The Hall–Kier alpha value is -2.30. The zero-order chi connectivity index (χ0) is 15.1. The molecule has 0 atom stereocenters. The van der Waals surface area contributed by atoms with Crippen LogP contribution in [0.2, 0.25) is 0 Å². The van der Waals surface area contributed by atoms with Crippen molar-refractivity contribution in [3.05, 3.63) is 59.9 Å². The first-order valence-corrected chi connectivity index (χ1v) is 6.88. The summed E-state index contributed by atoms with van der Waals surface area (Å²) in [7, 11) is 1.73. The molecule has 0 aliphatic carbocycles. The van der Waals surface area contributed by atoms with Gasteiger partial charge in [0.2, 0.25) is 5.91 Å². The van der Waals surface area contributed by atoms with Gasteiger partial charge in [0.25, 0.3) is 0 Å². The van der Waals surface area contributed by atoms with Crippen molar-refractivity contribution in [1.29, 1.82) is 0 Å². The van der Waals surface area contributed by atoms with E-state index in [1.54, 1.807) is 36.6 Å². The second-order valence-electron chi connectivity index (χ2n) is 4.93. The van der Waals surface area contributed by atoms with Gasteiger partial charge in [-0.25, -0.2) is 4.39 Å². The second-order valence-corrected chi connectivity index (χ2v) is 4.93. The van der Waals surface area contributed by atoms with E-state index < -0.39 is 0 Å². The number of halogens is 1. The van der Waals surface area contributed by atoms with Crippen LogP contribution in [0.15, 0.2) is 42.9 Å². The van der Waals surface area contributed by atoms with Gasteiger partial charge in [0.05, 0.1) is 5.69 Å². The van der Waals surface area contributed by atoms with Crippen LogP contribution >= 0.6 is 0 Å². The van der Waals surface area contributed by atoms with Crippen LogP contribution in [0.5, 0.6) is 0 Å². The van der Waals surface area contributed by atoms with Crippen LogP contribution in [0, 0.1) is 5.82 Å². The average molecular weight is 287 g/mol. The Balaban J connectivity index is 1.77. The Morgan fingerprint density at radius 1 is 1.33 bits per heavy atom. The monoisotopic (exact) mass is 287 g/mol. The Morgan fingerprint density at radius 3 is 2.90 bits per heavy atom. The minimum atomic E-state index is -0.281. The van der Waals surface area contributed by atoms with Crippen LogP contribution in [-0.4, -0.2) is 27.8 Å². The highest BCUT2D eigenvalue weighted by molar-refractivity contribution is 5.75. The third-order valence-corrected chi connectivity index (χ3v) is 3.17. The molecular weight excluding hydrogens is 269 g/mol. The molecule has 1 amide bonds.